The fraction of sp³-hybridized carbons (Fsp3) is 0. The molecule has 48 heavy (non-hydrogen) atoms. The number of hydrogen-bond acceptors (Lipinski definition) is 1. The average Bonchev–Trinajstić information content (AvgIpc) is 3.51. The van der Waals surface area contributed by atoms with Crippen LogP contribution in [-0.4, -0.2) is 4.57 Å². The fourth-order valence-electron chi connectivity index (χ4n) is 7.14. The molecule has 0 spiro atoms. The molecule has 0 N–H and O–H groups in total. The van der Waals surface area contributed by atoms with Gasteiger partial charge in [-0.15, -0.1) is 0 Å². The van der Waals surface area contributed by atoms with Crippen molar-refractivity contribution < 1.29 is 0 Å². The average molecular weight is 612 g/mol. The van der Waals surface area contributed by atoms with E-state index in [9.17, 15) is 0 Å². The van der Waals surface area contributed by atoms with Crippen LogP contribution in [0, 0.1) is 6.57 Å². The first kappa shape index (κ1) is 27.7. The molecule has 0 unspecified atom stereocenters. The predicted molar refractivity (Wildman–Crippen MR) is 201 cm³/mol. The zero-order valence-corrected chi connectivity index (χ0v) is 26.1. The lowest BCUT2D eigenvalue weighted by atomic mass is 9.94. The molecular weight excluding hydrogens is 583 g/mol. The number of aromatic nitrogens is 1. The molecule has 0 saturated carbocycles. The topological polar surface area (TPSA) is 12.5 Å². The van der Waals surface area contributed by atoms with E-state index in [1.807, 2.05) is 30.3 Å². The van der Waals surface area contributed by atoms with Crippen molar-refractivity contribution in [1.82, 2.24) is 4.57 Å². The molecule has 3 heteroatoms. The Labute approximate surface area is 279 Å². The summed E-state index contributed by atoms with van der Waals surface area (Å²) < 4.78 is 2.39. The maximum absolute atomic E-state index is 7.44. The van der Waals surface area contributed by atoms with Gasteiger partial charge in [-0.2, -0.15) is 0 Å². The molecule has 0 aliphatic rings. The highest BCUT2D eigenvalue weighted by Gasteiger charge is 2.19. The zero-order valence-electron chi connectivity index (χ0n) is 26.1. The molecule has 0 amide bonds. The van der Waals surface area contributed by atoms with Crippen molar-refractivity contribution in [2.75, 3.05) is 4.90 Å². The summed E-state index contributed by atoms with van der Waals surface area (Å²) >= 11 is 0. The Kier molecular flexibility index (Phi) is 6.52. The smallest absolute Gasteiger partial charge is 0.187 e. The number of rotatable bonds is 6. The molecular formula is C45H29N3. The van der Waals surface area contributed by atoms with Crippen molar-refractivity contribution in [2.24, 2.45) is 0 Å². The molecule has 224 valence electrons. The third kappa shape index (κ3) is 4.51. The van der Waals surface area contributed by atoms with E-state index >= 15 is 0 Å². The van der Waals surface area contributed by atoms with Crippen LogP contribution in [0.1, 0.15) is 0 Å². The van der Waals surface area contributed by atoms with Gasteiger partial charge in [0.2, 0.25) is 0 Å². The van der Waals surface area contributed by atoms with Crippen molar-refractivity contribution in [3.63, 3.8) is 0 Å². The minimum absolute atomic E-state index is 0.627. The van der Waals surface area contributed by atoms with E-state index in [1.54, 1.807) is 0 Å². The summed E-state index contributed by atoms with van der Waals surface area (Å²) in [4.78, 5) is 5.86. The van der Waals surface area contributed by atoms with Gasteiger partial charge in [0.1, 0.15) is 0 Å². The highest BCUT2D eigenvalue weighted by atomic mass is 15.1. The molecule has 0 atom stereocenters. The van der Waals surface area contributed by atoms with Crippen molar-refractivity contribution >= 4 is 55.3 Å². The monoisotopic (exact) mass is 611 g/mol. The SMILES string of the molecule is [C-]#[N+]c1ccc(N(c2ccc(-c3ccccc3)cc2)c2ccc(-c3ccc4c5c3ccc3cccc(c35)n4-c3ccccc3)cc2)cc1. The van der Waals surface area contributed by atoms with E-state index in [2.05, 4.69) is 160 Å². The molecule has 0 fully saturated rings. The molecule has 0 saturated heterocycles. The number of para-hydroxylation sites is 1. The lowest BCUT2D eigenvalue weighted by molar-refractivity contribution is 1.18. The number of anilines is 3. The molecule has 9 aromatic rings. The van der Waals surface area contributed by atoms with Gasteiger partial charge in [-0.3, -0.25) is 0 Å². The van der Waals surface area contributed by atoms with E-state index in [0.29, 0.717) is 5.69 Å². The van der Waals surface area contributed by atoms with Crippen LogP contribution in [0.2, 0.25) is 0 Å². The molecule has 1 heterocycles. The van der Waals surface area contributed by atoms with Gasteiger partial charge in [-0.05, 0) is 93.7 Å². The van der Waals surface area contributed by atoms with Crippen LogP contribution in [0.3, 0.4) is 0 Å². The van der Waals surface area contributed by atoms with Crippen LogP contribution >= 0.6 is 0 Å². The number of nitrogens with zero attached hydrogens (tertiary/aromatic N) is 3. The second-order valence-corrected chi connectivity index (χ2v) is 12.1. The van der Waals surface area contributed by atoms with Gasteiger partial charge >= 0.3 is 0 Å². The van der Waals surface area contributed by atoms with E-state index < -0.39 is 0 Å². The first-order valence-electron chi connectivity index (χ1n) is 16.1. The van der Waals surface area contributed by atoms with E-state index in [4.69, 9.17) is 6.57 Å². The number of hydrogen-bond donors (Lipinski definition) is 0. The van der Waals surface area contributed by atoms with Crippen molar-refractivity contribution in [3.8, 4) is 27.9 Å². The summed E-state index contributed by atoms with van der Waals surface area (Å²) in [5.41, 5.74) is 12.1. The minimum atomic E-state index is 0.627. The van der Waals surface area contributed by atoms with Crippen molar-refractivity contribution in [3.05, 3.63) is 187 Å². The molecule has 9 rings (SSSR count). The summed E-state index contributed by atoms with van der Waals surface area (Å²) in [5.74, 6) is 0. The fourth-order valence-corrected chi connectivity index (χ4v) is 7.14. The Morgan fingerprint density at radius 2 is 1.02 bits per heavy atom. The maximum atomic E-state index is 7.44. The quantitative estimate of drug-likeness (QED) is 0.135. The van der Waals surface area contributed by atoms with E-state index in [1.165, 1.54) is 60.5 Å². The van der Waals surface area contributed by atoms with E-state index in [0.717, 1.165) is 17.1 Å². The van der Waals surface area contributed by atoms with Crippen LogP contribution in [0.25, 0.3) is 65.4 Å². The van der Waals surface area contributed by atoms with Gasteiger partial charge in [-0.1, -0.05) is 115 Å². The second kappa shape index (κ2) is 11.3. The van der Waals surface area contributed by atoms with Crippen molar-refractivity contribution in [1.29, 1.82) is 0 Å². The van der Waals surface area contributed by atoms with Crippen LogP contribution in [0.15, 0.2) is 176 Å². The Morgan fingerprint density at radius 3 is 1.69 bits per heavy atom. The molecule has 3 nitrogen and oxygen atoms in total. The normalized spacial score (nSPS) is 11.3. The summed E-state index contributed by atoms with van der Waals surface area (Å²) in [6.07, 6.45) is 0. The second-order valence-electron chi connectivity index (χ2n) is 12.1. The molecule has 0 bridgehead atoms. The first-order chi connectivity index (χ1) is 23.8. The predicted octanol–water partition coefficient (Wildman–Crippen LogP) is 12.7. The Bertz CT molecular complexity index is 2580. The third-order valence-corrected chi connectivity index (χ3v) is 9.38. The first-order valence-corrected chi connectivity index (χ1v) is 16.1. The summed E-state index contributed by atoms with van der Waals surface area (Å²) in [6.45, 7) is 7.44. The van der Waals surface area contributed by atoms with Crippen molar-refractivity contribution in [2.45, 2.75) is 0 Å². The summed E-state index contributed by atoms with van der Waals surface area (Å²) in [5, 5.41) is 5.11. The minimum Gasteiger partial charge on any atom is -0.311 e. The van der Waals surface area contributed by atoms with Gasteiger partial charge < -0.3 is 9.47 Å². The van der Waals surface area contributed by atoms with Crippen LogP contribution < -0.4 is 4.90 Å². The van der Waals surface area contributed by atoms with Gasteiger partial charge in [0.25, 0.3) is 0 Å². The van der Waals surface area contributed by atoms with Crippen LogP contribution in [0.5, 0.6) is 0 Å². The lowest BCUT2D eigenvalue weighted by Crippen LogP contribution is -2.09. The molecule has 8 aromatic carbocycles. The van der Waals surface area contributed by atoms with Gasteiger partial charge in [0, 0.05) is 33.5 Å². The Hall–Kier alpha value is -6.63. The van der Waals surface area contributed by atoms with Crippen LogP contribution in [0.4, 0.5) is 22.7 Å². The summed E-state index contributed by atoms with van der Waals surface area (Å²) in [6, 6.07) is 62.1. The molecule has 0 aliphatic heterocycles. The standard InChI is InChI=1S/C45H29N3/c1-46-35-20-26-39(27-21-35)47(37-22-15-32(16-23-37)31-9-4-2-5-10-31)38-24-17-33(18-25-38)40-29-30-43-45-41(40)28-19-34-11-8-14-42(44(34)45)48(43)36-12-6-3-7-13-36/h2-30H. The van der Waals surface area contributed by atoms with E-state index in [-0.39, 0.29) is 0 Å². The highest BCUT2D eigenvalue weighted by molar-refractivity contribution is 6.26. The largest absolute Gasteiger partial charge is 0.311 e. The van der Waals surface area contributed by atoms with Gasteiger partial charge in [0.15, 0.2) is 5.69 Å². The highest BCUT2D eigenvalue weighted by Crippen LogP contribution is 2.43. The Balaban J connectivity index is 1.15. The lowest BCUT2D eigenvalue weighted by Gasteiger charge is -2.26. The summed E-state index contributed by atoms with van der Waals surface area (Å²) in [7, 11) is 0. The van der Waals surface area contributed by atoms with Gasteiger partial charge in [-0.25, -0.2) is 4.85 Å². The number of benzene rings is 8. The Morgan fingerprint density at radius 1 is 0.438 bits per heavy atom. The molecule has 0 radical (unpaired) electrons. The zero-order chi connectivity index (χ0) is 32.0. The third-order valence-electron chi connectivity index (χ3n) is 9.38. The van der Waals surface area contributed by atoms with Gasteiger partial charge in [0.05, 0.1) is 17.6 Å². The molecule has 0 aliphatic carbocycles. The maximum Gasteiger partial charge on any atom is 0.187 e. The van der Waals surface area contributed by atoms with Crippen LogP contribution in [-0.2, 0) is 0 Å². The molecule has 1 aromatic heterocycles.